The molecule has 1 aromatic heterocycles. The minimum absolute atomic E-state index is 0.390. The van der Waals surface area contributed by atoms with Gasteiger partial charge in [-0.05, 0) is 42.9 Å². The first kappa shape index (κ1) is 18.0. The van der Waals surface area contributed by atoms with Gasteiger partial charge in [-0.1, -0.05) is 6.92 Å². The molecule has 0 unspecified atom stereocenters. The van der Waals surface area contributed by atoms with Gasteiger partial charge in [0.1, 0.15) is 11.6 Å². The van der Waals surface area contributed by atoms with Gasteiger partial charge in [0, 0.05) is 27.2 Å². The van der Waals surface area contributed by atoms with E-state index in [0.717, 1.165) is 30.4 Å². The summed E-state index contributed by atoms with van der Waals surface area (Å²) in [5.74, 6) is 2.54. The zero-order chi connectivity index (χ0) is 17.2. The SMILES string of the molecule is [CH2]c1cc(N(CCOC)C[C@H]2C[C@@H]2C)nc(N(C)S(C)(=O)=O)c1. The van der Waals surface area contributed by atoms with E-state index in [-0.39, 0.29) is 0 Å². The first-order valence-corrected chi connectivity index (χ1v) is 9.59. The van der Waals surface area contributed by atoms with Gasteiger partial charge in [-0.25, -0.2) is 13.4 Å². The van der Waals surface area contributed by atoms with Crippen molar-refractivity contribution in [3.05, 3.63) is 24.6 Å². The van der Waals surface area contributed by atoms with Gasteiger partial charge in [0.15, 0.2) is 0 Å². The fraction of sp³-hybridized carbons (Fsp3) is 0.625. The highest BCUT2D eigenvalue weighted by Crippen LogP contribution is 2.39. The summed E-state index contributed by atoms with van der Waals surface area (Å²) in [6.07, 6.45) is 2.39. The van der Waals surface area contributed by atoms with E-state index in [0.29, 0.717) is 18.3 Å². The molecule has 0 aromatic carbocycles. The number of nitrogens with zero attached hydrogens (tertiary/aromatic N) is 3. The molecule has 0 N–H and O–H groups in total. The summed E-state index contributed by atoms with van der Waals surface area (Å²) in [5.41, 5.74) is 0.742. The van der Waals surface area contributed by atoms with Crippen LogP contribution in [0.5, 0.6) is 0 Å². The number of hydrogen-bond donors (Lipinski definition) is 0. The molecule has 6 nitrogen and oxygen atoms in total. The average molecular weight is 340 g/mol. The van der Waals surface area contributed by atoms with Crippen LogP contribution in [-0.4, -0.2) is 53.5 Å². The van der Waals surface area contributed by atoms with Crippen molar-refractivity contribution in [3.63, 3.8) is 0 Å². The zero-order valence-corrected chi connectivity index (χ0v) is 15.1. The summed E-state index contributed by atoms with van der Waals surface area (Å²) in [6, 6.07) is 3.57. The molecule has 2 rings (SSSR count). The molecule has 1 aliphatic rings. The van der Waals surface area contributed by atoms with Gasteiger partial charge in [0.2, 0.25) is 10.0 Å². The Morgan fingerprint density at radius 1 is 1.39 bits per heavy atom. The number of rotatable bonds is 8. The lowest BCUT2D eigenvalue weighted by molar-refractivity contribution is 0.204. The van der Waals surface area contributed by atoms with Crippen molar-refractivity contribution >= 4 is 21.7 Å². The molecular formula is C16H26N3O3S. The van der Waals surface area contributed by atoms with Crippen molar-refractivity contribution in [1.29, 1.82) is 0 Å². The highest BCUT2D eigenvalue weighted by Gasteiger charge is 2.34. The maximum atomic E-state index is 11.8. The van der Waals surface area contributed by atoms with Crippen molar-refractivity contribution in [2.24, 2.45) is 11.8 Å². The van der Waals surface area contributed by atoms with Crippen LogP contribution in [0.4, 0.5) is 11.6 Å². The number of methoxy groups -OCH3 is 1. The Labute approximate surface area is 139 Å². The first-order chi connectivity index (χ1) is 10.7. The topological polar surface area (TPSA) is 62.7 Å². The lowest BCUT2D eigenvalue weighted by atomic mass is 10.2. The summed E-state index contributed by atoms with van der Waals surface area (Å²) in [5, 5.41) is 0. The van der Waals surface area contributed by atoms with E-state index in [4.69, 9.17) is 4.74 Å². The summed E-state index contributed by atoms with van der Waals surface area (Å²) >= 11 is 0. The number of aromatic nitrogens is 1. The van der Waals surface area contributed by atoms with Crippen molar-refractivity contribution in [2.75, 3.05) is 49.3 Å². The molecule has 0 saturated heterocycles. The second-order valence-corrected chi connectivity index (χ2v) is 8.35. The van der Waals surface area contributed by atoms with Crippen LogP contribution in [0.3, 0.4) is 0 Å². The van der Waals surface area contributed by atoms with Gasteiger partial charge >= 0.3 is 0 Å². The van der Waals surface area contributed by atoms with E-state index in [1.54, 1.807) is 13.2 Å². The van der Waals surface area contributed by atoms with Crippen molar-refractivity contribution in [1.82, 2.24) is 4.98 Å². The molecule has 1 heterocycles. The molecule has 129 valence electrons. The third-order valence-electron chi connectivity index (χ3n) is 4.30. The number of anilines is 2. The van der Waals surface area contributed by atoms with E-state index < -0.39 is 10.0 Å². The molecule has 23 heavy (non-hydrogen) atoms. The van der Waals surface area contributed by atoms with Crippen LogP contribution in [0.1, 0.15) is 18.9 Å². The Morgan fingerprint density at radius 3 is 2.52 bits per heavy atom. The number of sulfonamides is 1. The quantitative estimate of drug-likeness (QED) is 0.722. The Balaban J connectivity index is 2.28. The number of hydrogen-bond acceptors (Lipinski definition) is 5. The predicted octanol–water partition coefficient (Wildman–Crippen LogP) is 1.77. The highest BCUT2D eigenvalue weighted by molar-refractivity contribution is 7.92. The third kappa shape index (κ3) is 4.81. The number of pyridine rings is 1. The smallest absolute Gasteiger partial charge is 0.233 e. The molecule has 1 radical (unpaired) electrons. The van der Waals surface area contributed by atoms with Crippen molar-refractivity contribution in [3.8, 4) is 0 Å². The van der Waals surface area contributed by atoms with Crippen LogP contribution in [-0.2, 0) is 14.8 Å². The van der Waals surface area contributed by atoms with Crippen LogP contribution in [0, 0.1) is 18.8 Å². The summed E-state index contributed by atoms with van der Waals surface area (Å²) in [7, 11) is -0.176. The van der Waals surface area contributed by atoms with Gasteiger partial charge in [0.05, 0.1) is 12.9 Å². The molecule has 1 fully saturated rings. The van der Waals surface area contributed by atoms with E-state index in [2.05, 4.69) is 23.7 Å². The normalized spacial score (nSPS) is 20.4. The lowest BCUT2D eigenvalue weighted by Crippen LogP contribution is -2.32. The monoisotopic (exact) mass is 340 g/mol. The lowest BCUT2D eigenvalue weighted by Gasteiger charge is -2.26. The summed E-state index contributed by atoms with van der Waals surface area (Å²) < 4.78 is 29.9. The van der Waals surface area contributed by atoms with E-state index in [1.807, 2.05) is 6.07 Å². The zero-order valence-electron chi connectivity index (χ0n) is 14.3. The van der Waals surface area contributed by atoms with Crippen LogP contribution in [0.15, 0.2) is 12.1 Å². The molecule has 0 amide bonds. The van der Waals surface area contributed by atoms with Crippen LogP contribution in [0.25, 0.3) is 0 Å². The molecule has 1 aromatic rings. The molecule has 2 atom stereocenters. The van der Waals surface area contributed by atoms with Crippen LogP contribution in [0.2, 0.25) is 0 Å². The molecule has 1 saturated carbocycles. The van der Waals surface area contributed by atoms with Gasteiger partial charge in [-0.15, -0.1) is 0 Å². The standard InChI is InChI=1S/C16H26N3O3S/c1-12-8-15(18(3)23(5,20)21)17-16(9-12)19(6-7-22-4)11-14-10-13(14)2/h8-9,13-14H,1,6-7,10-11H2,2-5H3/t13-,14+/m0/s1. The minimum atomic E-state index is -3.35. The van der Waals surface area contributed by atoms with Gasteiger partial charge in [-0.2, -0.15) is 0 Å². The molecule has 0 bridgehead atoms. The maximum absolute atomic E-state index is 11.8. The Bertz CT molecular complexity index is 648. The molecular weight excluding hydrogens is 314 g/mol. The average Bonchev–Trinajstić information content (AvgIpc) is 3.16. The second-order valence-electron chi connectivity index (χ2n) is 6.33. The fourth-order valence-corrected chi connectivity index (χ4v) is 2.92. The fourth-order valence-electron chi connectivity index (χ4n) is 2.49. The largest absolute Gasteiger partial charge is 0.383 e. The third-order valence-corrected chi connectivity index (χ3v) is 5.48. The second kappa shape index (κ2) is 7.05. The molecule has 0 aliphatic heterocycles. The van der Waals surface area contributed by atoms with Gasteiger partial charge < -0.3 is 9.64 Å². The van der Waals surface area contributed by atoms with Crippen molar-refractivity contribution in [2.45, 2.75) is 13.3 Å². The van der Waals surface area contributed by atoms with E-state index in [1.165, 1.54) is 24.0 Å². The van der Waals surface area contributed by atoms with Gasteiger partial charge in [-0.3, -0.25) is 4.31 Å². The van der Waals surface area contributed by atoms with Crippen LogP contribution < -0.4 is 9.21 Å². The minimum Gasteiger partial charge on any atom is -0.383 e. The van der Waals surface area contributed by atoms with E-state index in [9.17, 15) is 8.42 Å². The molecule has 7 heteroatoms. The predicted molar refractivity (Wildman–Crippen MR) is 93.3 cm³/mol. The van der Waals surface area contributed by atoms with E-state index >= 15 is 0 Å². The van der Waals surface area contributed by atoms with Gasteiger partial charge in [0.25, 0.3) is 0 Å². The molecule has 0 spiro atoms. The molecule has 1 aliphatic carbocycles. The Kier molecular flexibility index (Phi) is 5.52. The first-order valence-electron chi connectivity index (χ1n) is 7.74. The summed E-state index contributed by atoms with van der Waals surface area (Å²) in [6.45, 7) is 8.43. The highest BCUT2D eigenvalue weighted by atomic mass is 32.2. The Morgan fingerprint density at radius 2 is 2.00 bits per heavy atom. The number of ether oxygens (including phenoxy) is 1. The summed E-state index contributed by atoms with van der Waals surface area (Å²) in [4.78, 5) is 6.69. The van der Waals surface area contributed by atoms with Crippen LogP contribution >= 0.6 is 0 Å². The van der Waals surface area contributed by atoms with Crippen molar-refractivity contribution < 1.29 is 13.2 Å². The maximum Gasteiger partial charge on any atom is 0.233 e. The Hall–Kier alpha value is -1.34.